The van der Waals surface area contributed by atoms with Crippen molar-refractivity contribution < 1.29 is 4.39 Å². The molecule has 2 aromatic carbocycles. The summed E-state index contributed by atoms with van der Waals surface area (Å²) in [4.78, 5) is 21.6. The number of halogens is 1. The van der Waals surface area contributed by atoms with Gasteiger partial charge >= 0.3 is 0 Å². The van der Waals surface area contributed by atoms with Crippen molar-refractivity contribution in [1.82, 2.24) is 40.4 Å². The van der Waals surface area contributed by atoms with Crippen LogP contribution in [0, 0.1) is 5.82 Å². The first-order valence-electron chi connectivity index (χ1n) is 12.8. The van der Waals surface area contributed by atoms with E-state index in [0.29, 0.717) is 23.4 Å². The summed E-state index contributed by atoms with van der Waals surface area (Å²) in [6, 6.07) is 20.8. The lowest BCUT2D eigenvalue weighted by atomic mass is 10.1. The quantitative estimate of drug-likeness (QED) is 0.233. The minimum absolute atomic E-state index is 0.310. The summed E-state index contributed by atoms with van der Waals surface area (Å²) < 4.78 is 13.9. The summed E-state index contributed by atoms with van der Waals surface area (Å²) in [7, 11) is 0. The molecule has 0 radical (unpaired) electrons. The number of nitrogens with zero attached hydrogens (tertiary/aromatic N) is 5. The average molecular weight is 527 g/mol. The van der Waals surface area contributed by atoms with E-state index in [0.717, 1.165) is 51.0 Å². The molecule has 0 fully saturated rings. The molecule has 7 rings (SSSR count). The molecular weight excluding hydrogens is 503 g/mol. The van der Waals surface area contributed by atoms with Crippen molar-refractivity contribution in [2.24, 2.45) is 0 Å². The molecule has 40 heavy (non-hydrogen) atoms. The molecule has 8 nitrogen and oxygen atoms in total. The van der Waals surface area contributed by atoms with Gasteiger partial charge in [0.05, 0.1) is 29.1 Å². The third-order valence-corrected chi connectivity index (χ3v) is 6.80. The summed E-state index contributed by atoms with van der Waals surface area (Å²) in [6.45, 7) is 1.47. The number of hydrogen-bond donors (Lipinski definition) is 3. The SMILES string of the molecule is Fc1cccc(-c2cncc3[nH]c(-c4[nH]nc5cnc(-c6cncc(CNCc7ccccc7)c6)cc45)nc23)c1. The van der Waals surface area contributed by atoms with Crippen molar-refractivity contribution in [2.45, 2.75) is 13.1 Å². The zero-order valence-electron chi connectivity index (χ0n) is 21.3. The molecular formula is C31H23FN8. The fourth-order valence-corrected chi connectivity index (χ4v) is 4.84. The van der Waals surface area contributed by atoms with Gasteiger partial charge in [-0.1, -0.05) is 42.5 Å². The van der Waals surface area contributed by atoms with Crippen LogP contribution in [0.2, 0.25) is 0 Å². The lowest BCUT2D eigenvalue weighted by Gasteiger charge is -2.07. The first-order chi connectivity index (χ1) is 19.7. The van der Waals surface area contributed by atoms with Gasteiger partial charge in [0.2, 0.25) is 0 Å². The number of nitrogens with one attached hydrogen (secondary N) is 3. The Hall–Kier alpha value is -5.28. The van der Waals surface area contributed by atoms with Crippen LogP contribution >= 0.6 is 0 Å². The monoisotopic (exact) mass is 526 g/mol. The van der Waals surface area contributed by atoms with Gasteiger partial charge < -0.3 is 10.3 Å². The number of aromatic amines is 2. The average Bonchev–Trinajstić information content (AvgIpc) is 3.62. The third kappa shape index (κ3) is 4.59. The molecule has 5 aromatic heterocycles. The van der Waals surface area contributed by atoms with Crippen molar-refractivity contribution in [3.05, 3.63) is 115 Å². The molecule has 5 heterocycles. The molecule has 0 saturated heterocycles. The molecule has 0 spiro atoms. The summed E-state index contributed by atoms with van der Waals surface area (Å²) in [5, 5.41) is 11.9. The van der Waals surface area contributed by atoms with Crippen LogP contribution in [0.25, 0.3) is 55.8 Å². The fourth-order valence-electron chi connectivity index (χ4n) is 4.84. The standard InChI is InChI=1S/C31H23FN8/c32-23-8-4-7-21(10-23)25-16-35-17-28-29(25)38-31(37-28)30-24-11-26(36-18-27(24)39-40-30)22-9-20(14-34-15-22)13-33-12-19-5-2-1-3-6-19/h1-11,14-18,33H,12-13H2,(H,37,38)(H,39,40). The molecule has 0 aliphatic rings. The van der Waals surface area contributed by atoms with Gasteiger partial charge in [0.1, 0.15) is 17.0 Å². The Kier molecular flexibility index (Phi) is 6.02. The summed E-state index contributed by atoms with van der Waals surface area (Å²) in [5.74, 6) is 0.299. The highest BCUT2D eigenvalue weighted by Crippen LogP contribution is 2.32. The molecule has 0 saturated carbocycles. The lowest BCUT2D eigenvalue weighted by molar-refractivity contribution is 0.628. The highest BCUT2D eigenvalue weighted by atomic mass is 19.1. The number of imidazole rings is 1. The Labute approximate surface area is 228 Å². The Bertz CT molecular complexity index is 1960. The third-order valence-electron chi connectivity index (χ3n) is 6.80. The van der Waals surface area contributed by atoms with Crippen molar-refractivity contribution >= 4 is 21.9 Å². The van der Waals surface area contributed by atoms with Crippen molar-refractivity contribution in [2.75, 3.05) is 0 Å². The number of fused-ring (bicyclic) bond motifs is 2. The van der Waals surface area contributed by atoms with Crippen LogP contribution < -0.4 is 5.32 Å². The highest BCUT2D eigenvalue weighted by Gasteiger charge is 2.16. The summed E-state index contributed by atoms with van der Waals surface area (Å²) in [5.41, 5.74) is 8.34. The van der Waals surface area contributed by atoms with E-state index in [-0.39, 0.29) is 5.82 Å². The van der Waals surface area contributed by atoms with Crippen LogP contribution in [0.5, 0.6) is 0 Å². The molecule has 9 heteroatoms. The second-order valence-corrected chi connectivity index (χ2v) is 9.54. The number of benzene rings is 2. The van der Waals surface area contributed by atoms with Crippen molar-refractivity contribution in [3.63, 3.8) is 0 Å². The van der Waals surface area contributed by atoms with Crippen molar-refractivity contribution in [1.29, 1.82) is 0 Å². The van der Waals surface area contributed by atoms with Crippen LogP contribution in [0.3, 0.4) is 0 Å². The molecule has 0 aliphatic heterocycles. The van der Waals surface area contributed by atoms with Gasteiger partial charge in [-0.2, -0.15) is 5.10 Å². The van der Waals surface area contributed by atoms with Gasteiger partial charge in [-0.3, -0.25) is 20.1 Å². The zero-order valence-corrected chi connectivity index (χ0v) is 21.3. The minimum atomic E-state index is -0.310. The van der Waals surface area contributed by atoms with E-state index in [1.54, 1.807) is 24.7 Å². The topological polar surface area (TPSA) is 108 Å². The number of rotatable bonds is 7. The molecule has 0 bridgehead atoms. The number of hydrogen-bond acceptors (Lipinski definition) is 6. The molecule has 0 amide bonds. The number of pyridine rings is 3. The predicted octanol–water partition coefficient (Wildman–Crippen LogP) is 6.05. The van der Waals surface area contributed by atoms with Gasteiger partial charge in [-0.25, -0.2) is 9.37 Å². The van der Waals surface area contributed by atoms with Gasteiger partial charge in [-0.05, 0) is 41.0 Å². The first kappa shape index (κ1) is 23.8. The summed E-state index contributed by atoms with van der Waals surface area (Å²) >= 11 is 0. The Balaban J connectivity index is 1.20. The molecule has 0 aliphatic carbocycles. The Morgan fingerprint density at radius 1 is 0.775 bits per heavy atom. The Morgan fingerprint density at radius 3 is 2.55 bits per heavy atom. The zero-order chi connectivity index (χ0) is 26.9. The maximum Gasteiger partial charge on any atom is 0.157 e. The molecule has 7 aromatic rings. The Morgan fingerprint density at radius 2 is 1.65 bits per heavy atom. The van der Waals surface area contributed by atoms with Gasteiger partial charge in [0.15, 0.2) is 5.82 Å². The maximum absolute atomic E-state index is 13.9. The predicted molar refractivity (Wildman–Crippen MR) is 152 cm³/mol. The van der Waals surface area contributed by atoms with E-state index >= 15 is 0 Å². The van der Waals surface area contributed by atoms with E-state index in [9.17, 15) is 4.39 Å². The van der Waals surface area contributed by atoms with E-state index in [1.807, 2.05) is 42.7 Å². The second-order valence-electron chi connectivity index (χ2n) is 9.54. The van der Waals surface area contributed by atoms with Crippen molar-refractivity contribution in [3.8, 4) is 33.9 Å². The van der Waals surface area contributed by atoms with Crippen LogP contribution in [0.1, 0.15) is 11.1 Å². The smallest absolute Gasteiger partial charge is 0.157 e. The first-order valence-corrected chi connectivity index (χ1v) is 12.8. The van der Waals surface area contributed by atoms with Gasteiger partial charge in [-0.15, -0.1) is 0 Å². The molecule has 3 N–H and O–H groups in total. The largest absolute Gasteiger partial charge is 0.335 e. The summed E-state index contributed by atoms with van der Waals surface area (Å²) in [6.07, 6.45) is 8.83. The van der Waals surface area contributed by atoms with Crippen LogP contribution in [0.4, 0.5) is 4.39 Å². The van der Waals surface area contributed by atoms with E-state index in [2.05, 4.69) is 53.6 Å². The number of H-pyrrole nitrogens is 2. The van der Waals surface area contributed by atoms with E-state index in [4.69, 9.17) is 4.98 Å². The molecule has 0 atom stereocenters. The number of aromatic nitrogens is 7. The maximum atomic E-state index is 13.9. The minimum Gasteiger partial charge on any atom is -0.335 e. The van der Waals surface area contributed by atoms with Gasteiger partial charge in [0.25, 0.3) is 0 Å². The lowest BCUT2D eigenvalue weighted by Crippen LogP contribution is -2.12. The normalized spacial score (nSPS) is 11.4. The van der Waals surface area contributed by atoms with Gasteiger partial charge in [0, 0.05) is 48.2 Å². The van der Waals surface area contributed by atoms with E-state index in [1.165, 1.54) is 17.7 Å². The molecule has 0 unspecified atom stereocenters. The van der Waals surface area contributed by atoms with E-state index < -0.39 is 0 Å². The fraction of sp³-hybridized carbons (Fsp3) is 0.0645. The van der Waals surface area contributed by atoms with Crippen LogP contribution in [0.15, 0.2) is 97.7 Å². The second kappa shape index (κ2) is 10.1. The molecule has 194 valence electrons. The highest BCUT2D eigenvalue weighted by molar-refractivity contribution is 5.97. The van der Waals surface area contributed by atoms with Crippen LogP contribution in [-0.4, -0.2) is 35.1 Å². The van der Waals surface area contributed by atoms with Crippen LogP contribution in [-0.2, 0) is 13.1 Å².